The number of carboxylic acids is 1. The molecular weight excluding hydrogens is 180 g/mol. The molecule has 1 aromatic carbocycles. The molecular formula is C10H10N2O2. The number of nitriles is 1. The molecule has 0 unspecified atom stereocenters. The molecule has 72 valence electrons. The lowest BCUT2D eigenvalue weighted by Crippen LogP contribution is -2.02. The summed E-state index contributed by atoms with van der Waals surface area (Å²) in [5.74, 6) is -0.891. The normalized spacial score (nSPS) is 9.36. The summed E-state index contributed by atoms with van der Waals surface area (Å²) in [5.41, 5.74) is 7.50. The van der Waals surface area contributed by atoms with Crippen LogP contribution in [0.25, 0.3) is 0 Å². The number of aliphatic carboxylic acids is 1. The van der Waals surface area contributed by atoms with Gasteiger partial charge in [-0.05, 0) is 17.2 Å². The van der Waals surface area contributed by atoms with E-state index in [1.165, 1.54) is 0 Å². The summed E-state index contributed by atoms with van der Waals surface area (Å²) < 4.78 is 0. The van der Waals surface area contributed by atoms with Crippen LogP contribution in [0, 0.1) is 11.3 Å². The van der Waals surface area contributed by atoms with Crippen LogP contribution < -0.4 is 5.73 Å². The zero-order valence-corrected chi connectivity index (χ0v) is 7.53. The fourth-order valence-electron chi connectivity index (χ4n) is 1.18. The third-order valence-electron chi connectivity index (χ3n) is 1.84. The maximum atomic E-state index is 10.4. The number of rotatable bonds is 3. The van der Waals surface area contributed by atoms with E-state index in [9.17, 15) is 4.79 Å². The van der Waals surface area contributed by atoms with Crippen LogP contribution in [0.5, 0.6) is 0 Å². The van der Waals surface area contributed by atoms with E-state index in [1.54, 1.807) is 18.2 Å². The van der Waals surface area contributed by atoms with Gasteiger partial charge in [0, 0.05) is 5.69 Å². The van der Waals surface area contributed by atoms with Gasteiger partial charge < -0.3 is 10.8 Å². The first-order chi connectivity index (χ1) is 6.63. The van der Waals surface area contributed by atoms with Crippen molar-refractivity contribution in [3.8, 4) is 6.07 Å². The van der Waals surface area contributed by atoms with E-state index in [0.717, 1.165) is 5.56 Å². The van der Waals surface area contributed by atoms with Gasteiger partial charge in [-0.1, -0.05) is 12.1 Å². The molecule has 0 fully saturated rings. The van der Waals surface area contributed by atoms with Gasteiger partial charge in [-0.25, -0.2) is 0 Å². The van der Waals surface area contributed by atoms with Crippen LogP contribution >= 0.6 is 0 Å². The smallest absolute Gasteiger partial charge is 0.307 e. The third-order valence-corrected chi connectivity index (χ3v) is 1.84. The van der Waals surface area contributed by atoms with E-state index in [2.05, 4.69) is 0 Å². The number of carboxylic acid groups (broad SMARTS) is 1. The van der Waals surface area contributed by atoms with E-state index >= 15 is 0 Å². The second kappa shape index (κ2) is 4.28. The molecule has 14 heavy (non-hydrogen) atoms. The highest BCUT2D eigenvalue weighted by molar-refractivity contribution is 5.71. The zero-order chi connectivity index (χ0) is 10.6. The first-order valence-corrected chi connectivity index (χ1v) is 4.09. The Labute approximate surface area is 81.6 Å². The Kier molecular flexibility index (Phi) is 3.08. The monoisotopic (exact) mass is 190 g/mol. The van der Waals surface area contributed by atoms with Crippen molar-refractivity contribution >= 4 is 11.7 Å². The highest BCUT2D eigenvalue weighted by Gasteiger charge is 2.03. The SMILES string of the molecule is N#CCc1ccc(CC(=O)O)cc1N. The Morgan fingerprint density at radius 1 is 1.57 bits per heavy atom. The number of carbonyl (C=O) groups is 1. The number of anilines is 1. The van der Waals surface area contributed by atoms with E-state index in [1.807, 2.05) is 6.07 Å². The molecule has 1 aromatic rings. The molecule has 0 aromatic heterocycles. The quantitative estimate of drug-likeness (QED) is 0.695. The predicted molar refractivity (Wildman–Crippen MR) is 51.5 cm³/mol. The van der Waals surface area contributed by atoms with Gasteiger partial charge in [0.25, 0.3) is 0 Å². The van der Waals surface area contributed by atoms with Crippen LogP contribution in [0.15, 0.2) is 18.2 Å². The summed E-state index contributed by atoms with van der Waals surface area (Å²) in [6, 6.07) is 6.96. The summed E-state index contributed by atoms with van der Waals surface area (Å²) in [7, 11) is 0. The van der Waals surface area contributed by atoms with Crippen molar-refractivity contribution < 1.29 is 9.90 Å². The maximum Gasteiger partial charge on any atom is 0.307 e. The van der Waals surface area contributed by atoms with Crippen LogP contribution in [-0.4, -0.2) is 11.1 Å². The molecule has 0 amide bonds. The lowest BCUT2D eigenvalue weighted by Gasteiger charge is -2.03. The molecule has 0 aliphatic rings. The van der Waals surface area contributed by atoms with Crippen molar-refractivity contribution in [2.24, 2.45) is 0 Å². The van der Waals surface area contributed by atoms with Gasteiger partial charge in [-0.15, -0.1) is 0 Å². The van der Waals surface area contributed by atoms with E-state index in [0.29, 0.717) is 11.3 Å². The molecule has 3 N–H and O–H groups in total. The zero-order valence-electron chi connectivity index (χ0n) is 7.53. The largest absolute Gasteiger partial charge is 0.481 e. The summed E-state index contributed by atoms with van der Waals surface area (Å²) in [5, 5.41) is 17.0. The van der Waals surface area contributed by atoms with Gasteiger partial charge in [-0.2, -0.15) is 5.26 Å². The standard InChI is InChI=1S/C10H10N2O2/c11-4-3-8-2-1-7(5-9(8)12)6-10(13)14/h1-2,5H,3,6,12H2,(H,13,14). The van der Waals surface area contributed by atoms with E-state index in [4.69, 9.17) is 16.1 Å². The number of hydrogen-bond acceptors (Lipinski definition) is 3. The second-order valence-corrected chi connectivity index (χ2v) is 2.94. The van der Waals surface area contributed by atoms with Crippen molar-refractivity contribution in [3.63, 3.8) is 0 Å². The van der Waals surface area contributed by atoms with Gasteiger partial charge in [-0.3, -0.25) is 4.79 Å². The van der Waals surface area contributed by atoms with Crippen molar-refractivity contribution in [1.29, 1.82) is 5.26 Å². The van der Waals surface area contributed by atoms with Gasteiger partial charge in [0.1, 0.15) is 0 Å². The van der Waals surface area contributed by atoms with Crippen molar-refractivity contribution in [2.45, 2.75) is 12.8 Å². The van der Waals surface area contributed by atoms with Crippen LogP contribution in [0.3, 0.4) is 0 Å². The first-order valence-electron chi connectivity index (χ1n) is 4.09. The fourth-order valence-corrected chi connectivity index (χ4v) is 1.18. The summed E-state index contributed by atoms with van der Waals surface area (Å²) in [4.78, 5) is 10.4. The Hall–Kier alpha value is -2.02. The van der Waals surface area contributed by atoms with Gasteiger partial charge in [0.05, 0.1) is 18.9 Å². The van der Waals surface area contributed by atoms with Crippen molar-refractivity contribution in [1.82, 2.24) is 0 Å². The number of nitrogens with zero attached hydrogens (tertiary/aromatic N) is 1. The van der Waals surface area contributed by atoms with Gasteiger partial charge >= 0.3 is 5.97 Å². The molecule has 0 radical (unpaired) electrons. The molecule has 4 heteroatoms. The Morgan fingerprint density at radius 2 is 2.29 bits per heavy atom. The molecule has 0 aliphatic carbocycles. The average molecular weight is 190 g/mol. The van der Waals surface area contributed by atoms with Crippen LogP contribution in [0.2, 0.25) is 0 Å². The number of benzene rings is 1. The second-order valence-electron chi connectivity index (χ2n) is 2.94. The van der Waals surface area contributed by atoms with Crippen LogP contribution in [0.1, 0.15) is 11.1 Å². The molecule has 1 rings (SSSR count). The predicted octanol–water partition coefficient (Wildman–Crippen LogP) is 0.962. The molecule has 0 bridgehead atoms. The lowest BCUT2D eigenvalue weighted by molar-refractivity contribution is -0.136. The van der Waals surface area contributed by atoms with E-state index in [-0.39, 0.29) is 12.8 Å². The molecule has 0 saturated carbocycles. The minimum atomic E-state index is -0.891. The van der Waals surface area contributed by atoms with Crippen molar-refractivity contribution in [2.75, 3.05) is 5.73 Å². The summed E-state index contributed by atoms with van der Waals surface area (Å²) in [6.07, 6.45) is 0.205. The number of nitrogens with two attached hydrogens (primary N) is 1. The number of nitrogen functional groups attached to an aromatic ring is 1. The van der Waals surface area contributed by atoms with E-state index < -0.39 is 5.97 Å². The molecule has 4 nitrogen and oxygen atoms in total. The van der Waals surface area contributed by atoms with Gasteiger partial charge in [0.15, 0.2) is 0 Å². The molecule has 0 saturated heterocycles. The molecule has 0 atom stereocenters. The van der Waals surface area contributed by atoms with Crippen LogP contribution in [-0.2, 0) is 17.6 Å². The fraction of sp³-hybridized carbons (Fsp3) is 0.200. The highest BCUT2D eigenvalue weighted by atomic mass is 16.4. The molecule has 0 aliphatic heterocycles. The Morgan fingerprint density at radius 3 is 2.79 bits per heavy atom. The maximum absolute atomic E-state index is 10.4. The highest BCUT2D eigenvalue weighted by Crippen LogP contribution is 2.15. The van der Waals surface area contributed by atoms with Crippen LogP contribution in [0.4, 0.5) is 5.69 Å². The Bertz CT molecular complexity index is 394. The minimum absolute atomic E-state index is 0.0446. The third kappa shape index (κ3) is 2.49. The summed E-state index contributed by atoms with van der Waals surface area (Å²) >= 11 is 0. The Balaban J connectivity index is 2.90. The molecule has 0 heterocycles. The lowest BCUT2D eigenvalue weighted by atomic mass is 10.1. The van der Waals surface area contributed by atoms with Crippen molar-refractivity contribution in [3.05, 3.63) is 29.3 Å². The average Bonchev–Trinajstić information content (AvgIpc) is 2.09. The number of hydrogen-bond donors (Lipinski definition) is 2. The summed E-state index contributed by atoms with van der Waals surface area (Å²) in [6.45, 7) is 0. The first kappa shape index (κ1) is 10.1. The molecule has 0 spiro atoms. The topological polar surface area (TPSA) is 87.1 Å². The van der Waals surface area contributed by atoms with Gasteiger partial charge in [0.2, 0.25) is 0 Å². The minimum Gasteiger partial charge on any atom is -0.481 e.